The lowest BCUT2D eigenvalue weighted by molar-refractivity contribution is -0.122. The molecular formula is C20H35IN4O2. The SMILES string of the molecule is CCNC(=O)COc1cccc(CN=C(NCC)NCCCC(C)C)c1.I. The number of carbonyl (C=O) groups is 1. The summed E-state index contributed by atoms with van der Waals surface area (Å²) < 4.78 is 5.53. The van der Waals surface area contributed by atoms with E-state index in [0.717, 1.165) is 37.0 Å². The topological polar surface area (TPSA) is 74.8 Å². The fourth-order valence-corrected chi connectivity index (χ4v) is 2.36. The molecule has 0 spiro atoms. The maximum absolute atomic E-state index is 11.5. The summed E-state index contributed by atoms with van der Waals surface area (Å²) in [7, 11) is 0. The van der Waals surface area contributed by atoms with Crippen molar-refractivity contribution >= 4 is 35.8 Å². The van der Waals surface area contributed by atoms with Crippen molar-refractivity contribution in [2.24, 2.45) is 10.9 Å². The van der Waals surface area contributed by atoms with Gasteiger partial charge in [0.2, 0.25) is 0 Å². The third-order valence-corrected chi connectivity index (χ3v) is 3.66. The van der Waals surface area contributed by atoms with E-state index in [9.17, 15) is 4.79 Å². The first-order valence-corrected chi connectivity index (χ1v) is 9.55. The minimum Gasteiger partial charge on any atom is -0.484 e. The largest absolute Gasteiger partial charge is 0.484 e. The number of halogens is 1. The Kier molecular flexibility index (Phi) is 14.7. The van der Waals surface area contributed by atoms with Crippen LogP contribution in [-0.2, 0) is 11.3 Å². The number of aliphatic imine (C=N–C) groups is 1. The summed E-state index contributed by atoms with van der Waals surface area (Å²) in [6, 6.07) is 7.69. The molecule has 0 heterocycles. The normalized spacial score (nSPS) is 10.9. The number of ether oxygens (including phenoxy) is 1. The second-order valence-corrected chi connectivity index (χ2v) is 6.55. The molecule has 154 valence electrons. The molecule has 1 rings (SSSR count). The van der Waals surface area contributed by atoms with Crippen LogP contribution >= 0.6 is 24.0 Å². The highest BCUT2D eigenvalue weighted by Crippen LogP contribution is 2.14. The van der Waals surface area contributed by atoms with E-state index in [2.05, 4.69) is 41.7 Å². The zero-order chi connectivity index (χ0) is 19.2. The highest BCUT2D eigenvalue weighted by atomic mass is 127. The van der Waals surface area contributed by atoms with Crippen LogP contribution in [0.4, 0.5) is 0 Å². The Morgan fingerprint density at radius 2 is 1.89 bits per heavy atom. The van der Waals surface area contributed by atoms with Crippen molar-refractivity contribution in [3.8, 4) is 5.75 Å². The van der Waals surface area contributed by atoms with Gasteiger partial charge in [-0.15, -0.1) is 24.0 Å². The first-order chi connectivity index (χ1) is 12.5. The molecule has 0 aromatic heterocycles. The van der Waals surface area contributed by atoms with Gasteiger partial charge in [0.1, 0.15) is 5.75 Å². The Morgan fingerprint density at radius 1 is 1.15 bits per heavy atom. The van der Waals surface area contributed by atoms with Gasteiger partial charge >= 0.3 is 0 Å². The van der Waals surface area contributed by atoms with Crippen molar-refractivity contribution < 1.29 is 9.53 Å². The fraction of sp³-hybridized carbons (Fsp3) is 0.600. The van der Waals surface area contributed by atoms with Gasteiger partial charge < -0.3 is 20.7 Å². The van der Waals surface area contributed by atoms with Gasteiger partial charge in [-0.25, -0.2) is 4.99 Å². The van der Waals surface area contributed by atoms with Gasteiger partial charge in [-0.1, -0.05) is 26.0 Å². The molecule has 1 amide bonds. The van der Waals surface area contributed by atoms with Crippen molar-refractivity contribution in [1.29, 1.82) is 0 Å². The smallest absolute Gasteiger partial charge is 0.257 e. The summed E-state index contributed by atoms with van der Waals surface area (Å²) in [6.45, 7) is 11.3. The van der Waals surface area contributed by atoms with Crippen LogP contribution in [0.3, 0.4) is 0 Å². The first kappa shape index (κ1) is 25.5. The average molecular weight is 490 g/mol. The molecule has 0 aliphatic heterocycles. The number of guanidine groups is 1. The van der Waals surface area contributed by atoms with Crippen LogP contribution in [0.1, 0.15) is 46.1 Å². The van der Waals surface area contributed by atoms with E-state index in [-0.39, 0.29) is 36.5 Å². The van der Waals surface area contributed by atoms with Crippen LogP contribution < -0.4 is 20.7 Å². The fourth-order valence-electron chi connectivity index (χ4n) is 2.36. The number of likely N-dealkylation sites (N-methyl/N-ethyl adjacent to an activating group) is 1. The number of rotatable bonds is 11. The highest BCUT2D eigenvalue weighted by molar-refractivity contribution is 14.0. The van der Waals surface area contributed by atoms with E-state index < -0.39 is 0 Å². The zero-order valence-corrected chi connectivity index (χ0v) is 19.3. The summed E-state index contributed by atoms with van der Waals surface area (Å²) in [6.07, 6.45) is 2.34. The van der Waals surface area contributed by atoms with Gasteiger partial charge in [0.15, 0.2) is 12.6 Å². The summed E-state index contributed by atoms with van der Waals surface area (Å²) >= 11 is 0. The van der Waals surface area contributed by atoms with Gasteiger partial charge in [0.05, 0.1) is 6.54 Å². The number of hydrogen-bond donors (Lipinski definition) is 3. The molecule has 0 atom stereocenters. The second kappa shape index (κ2) is 15.5. The predicted molar refractivity (Wildman–Crippen MR) is 123 cm³/mol. The molecule has 0 radical (unpaired) electrons. The quantitative estimate of drug-likeness (QED) is 0.193. The summed E-state index contributed by atoms with van der Waals surface area (Å²) in [5.74, 6) is 2.11. The molecular weight excluding hydrogens is 455 g/mol. The number of carbonyl (C=O) groups excluding carboxylic acids is 1. The molecule has 0 bridgehead atoms. The Balaban J connectivity index is 0.00000676. The Hall–Kier alpha value is -1.51. The monoisotopic (exact) mass is 490 g/mol. The molecule has 0 saturated carbocycles. The van der Waals surface area contributed by atoms with Gasteiger partial charge in [0.25, 0.3) is 5.91 Å². The van der Waals surface area contributed by atoms with Crippen LogP contribution in [0, 0.1) is 5.92 Å². The molecule has 3 N–H and O–H groups in total. The molecule has 1 aromatic rings. The third-order valence-electron chi connectivity index (χ3n) is 3.66. The summed E-state index contributed by atoms with van der Waals surface area (Å²) in [4.78, 5) is 16.1. The molecule has 0 unspecified atom stereocenters. The molecule has 27 heavy (non-hydrogen) atoms. The van der Waals surface area contributed by atoms with Crippen LogP contribution in [0.25, 0.3) is 0 Å². The van der Waals surface area contributed by atoms with Gasteiger partial charge in [-0.05, 0) is 50.3 Å². The molecule has 6 nitrogen and oxygen atoms in total. The third kappa shape index (κ3) is 12.5. The standard InChI is InChI=1S/C20H34N4O2.HI/c1-5-21-19(25)15-26-18-11-7-10-17(13-18)14-24-20(22-6-2)23-12-8-9-16(3)4;/h7,10-11,13,16H,5-6,8-9,12,14-15H2,1-4H3,(H,21,25)(H2,22,23,24);1H. The van der Waals surface area contributed by atoms with Gasteiger partial charge in [0, 0.05) is 19.6 Å². The molecule has 0 fully saturated rings. The zero-order valence-electron chi connectivity index (χ0n) is 17.0. The van der Waals surface area contributed by atoms with Gasteiger partial charge in [-0.2, -0.15) is 0 Å². The van der Waals surface area contributed by atoms with Crippen molar-refractivity contribution in [3.63, 3.8) is 0 Å². The maximum atomic E-state index is 11.5. The number of nitrogens with one attached hydrogen (secondary N) is 3. The maximum Gasteiger partial charge on any atom is 0.257 e. The van der Waals surface area contributed by atoms with E-state index in [1.165, 1.54) is 6.42 Å². The van der Waals surface area contributed by atoms with Crippen molar-refractivity contribution in [1.82, 2.24) is 16.0 Å². The number of amides is 1. The number of benzene rings is 1. The molecule has 0 saturated heterocycles. The van der Waals surface area contributed by atoms with E-state index >= 15 is 0 Å². The minimum atomic E-state index is -0.115. The Morgan fingerprint density at radius 3 is 2.56 bits per heavy atom. The Bertz CT molecular complexity index is 565. The molecule has 0 aliphatic carbocycles. The van der Waals surface area contributed by atoms with Crippen LogP contribution in [0.2, 0.25) is 0 Å². The lowest BCUT2D eigenvalue weighted by atomic mass is 10.1. The molecule has 1 aromatic carbocycles. The van der Waals surface area contributed by atoms with E-state index in [1.807, 2.05) is 31.2 Å². The second-order valence-electron chi connectivity index (χ2n) is 6.55. The van der Waals surface area contributed by atoms with Gasteiger partial charge in [-0.3, -0.25) is 4.79 Å². The average Bonchev–Trinajstić information content (AvgIpc) is 2.62. The predicted octanol–water partition coefficient (Wildman–Crippen LogP) is 3.31. The highest BCUT2D eigenvalue weighted by Gasteiger charge is 2.03. The number of nitrogens with zero attached hydrogens (tertiary/aromatic N) is 1. The van der Waals surface area contributed by atoms with E-state index in [4.69, 9.17) is 4.74 Å². The van der Waals surface area contributed by atoms with Crippen LogP contribution in [0.15, 0.2) is 29.3 Å². The van der Waals surface area contributed by atoms with E-state index in [0.29, 0.717) is 18.8 Å². The van der Waals surface area contributed by atoms with E-state index in [1.54, 1.807) is 0 Å². The van der Waals surface area contributed by atoms with Crippen molar-refractivity contribution in [3.05, 3.63) is 29.8 Å². The first-order valence-electron chi connectivity index (χ1n) is 9.55. The van der Waals surface area contributed by atoms with Crippen LogP contribution in [-0.4, -0.2) is 38.1 Å². The minimum absolute atomic E-state index is 0. The molecule has 0 aliphatic rings. The Labute approximate surface area is 181 Å². The van der Waals surface area contributed by atoms with Crippen molar-refractivity contribution in [2.75, 3.05) is 26.2 Å². The summed E-state index contributed by atoms with van der Waals surface area (Å²) in [5.41, 5.74) is 1.04. The summed E-state index contributed by atoms with van der Waals surface area (Å²) in [5, 5.41) is 9.35. The van der Waals surface area contributed by atoms with Crippen molar-refractivity contribution in [2.45, 2.75) is 47.1 Å². The molecule has 7 heteroatoms. The lowest BCUT2D eigenvalue weighted by Crippen LogP contribution is -2.37. The lowest BCUT2D eigenvalue weighted by Gasteiger charge is -2.12. The van der Waals surface area contributed by atoms with Crippen LogP contribution in [0.5, 0.6) is 5.75 Å². The number of hydrogen-bond acceptors (Lipinski definition) is 3.